The molecule has 0 spiro atoms. The Kier molecular flexibility index (Phi) is 6.98. The van der Waals surface area contributed by atoms with E-state index in [0.717, 1.165) is 11.4 Å². The zero-order valence-electron chi connectivity index (χ0n) is 32.2. The van der Waals surface area contributed by atoms with Gasteiger partial charge in [-0.1, -0.05) is 167 Å². The van der Waals surface area contributed by atoms with E-state index in [0.29, 0.717) is 0 Å². The Morgan fingerprint density at radius 3 is 1.70 bits per heavy atom. The van der Waals surface area contributed by atoms with E-state index in [-0.39, 0.29) is 10.8 Å². The topological polar surface area (TPSA) is 8.17 Å². The first-order valence-electron chi connectivity index (χ1n) is 19.8. The van der Waals surface area contributed by atoms with Crippen molar-refractivity contribution in [1.82, 2.24) is 4.57 Å². The van der Waals surface area contributed by atoms with Crippen LogP contribution in [-0.4, -0.2) is 4.57 Å². The van der Waals surface area contributed by atoms with Gasteiger partial charge in [-0.3, -0.25) is 0 Å². The molecule has 0 atom stereocenters. The van der Waals surface area contributed by atoms with Crippen molar-refractivity contribution >= 4 is 38.9 Å². The van der Waals surface area contributed by atoms with Crippen LogP contribution >= 0.6 is 0 Å². The molecule has 56 heavy (non-hydrogen) atoms. The molecule has 2 heteroatoms. The van der Waals surface area contributed by atoms with Crippen LogP contribution in [0.25, 0.3) is 60.9 Å². The summed E-state index contributed by atoms with van der Waals surface area (Å²) in [6.07, 6.45) is 0. The molecule has 0 unspecified atom stereocenters. The summed E-state index contributed by atoms with van der Waals surface area (Å²) in [5, 5.41) is 2.51. The quantitative estimate of drug-likeness (QED) is 0.172. The Hall–Kier alpha value is -6.64. The maximum Gasteiger partial charge on any atom is 0.0543 e. The molecule has 8 aromatic carbocycles. The lowest BCUT2D eigenvalue weighted by atomic mass is 9.81. The van der Waals surface area contributed by atoms with Crippen molar-refractivity contribution in [3.8, 4) is 39.1 Å². The van der Waals surface area contributed by atoms with Crippen molar-refractivity contribution in [2.45, 2.75) is 38.5 Å². The number of benzene rings is 8. The number of hydrogen-bond acceptors (Lipinski definition) is 1. The molecule has 0 saturated carbocycles. The van der Waals surface area contributed by atoms with E-state index in [1.807, 2.05) is 0 Å². The van der Waals surface area contributed by atoms with Crippen LogP contribution in [0.4, 0.5) is 17.1 Å². The van der Waals surface area contributed by atoms with Gasteiger partial charge >= 0.3 is 0 Å². The average molecular weight is 719 g/mol. The van der Waals surface area contributed by atoms with Crippen LogP contribution in [0.5, 0.6) is 0 Å². The smallest absolute Gasteiger partial charge is 0.0543 e. The molecule has 0 fully saturated rings. The van der Waals surface area contributed by atoms with Crippen LogP contribution in [0.1, 0.15) is 49.9 Å². The van der Waals surface area contributed by atoms with Gasteiger partial charge in [-0.2, -0.15) is 0 Å². The molecule has 0 bridgehead atoms. The number of fused-ring (bicyclic) bond motifs is 9. The van der Waals surface area contributed by atoms with E-state index >= 15 is 0 Å². The zero-order chi connectivity index (χ0) is 37.8. The van der Waals surface area contributed by atoms with Crippen LogP contribution in [0.3, 0.4) is 0 Å². The van der Waals surface area contributed by atoms with Crippen molar-refractivity contribution in [3.63, 3.8) is 0 Å². The molecule has 1 aromatic heterocycles. The third-order valence-electron chi connectivity index (χ3n) is 12.7. The first-order valence-corrected chi connectivity index (χ1v) is 19.8. The molecule has 1 heterocycles. The average Bonchev–Trinajstić information content (AvgIpc) is 3.79. The number of rotatable bonds is 5. The predicted molar refractivity (Wildman–Crippen MR) is 236 cm³/mol. The zero-order valence-corrected chi connectivity index (χ0v) is 32.2. The highest BCUT2D eigenvalue weighted by Gasteiger charge is 2.41. The maximum atomic E-state index is 2.59. The lowest BCUT2D eigenvalue weighted by Crippen LogP contribution is -2.21. The monoisotopic (exact) mass is 718 g/mol. The predicted octanol–water partition coefficient (Wildman–Crippen LogP) is 14.5. The summed E-state index contributed by atoms with van der Waals surface area (Å²) in [5.41, 5.74) is 19.8. The molecule has 2 aliphatic carbocycles. The highest BCUT2D eigenvalue weighted by Crippen LogP contribution is 2.58. The van der Waals surface area contributed by atoms with Crippen LogP contribution in [0.2, 0.25) is 0 Å². The molecule has 2 nitrogen and oxygen atoms in total. The maximum absolute atomic E-state index is 2.59. The van der Waals surface area contributed by atoms with Gasteiger partial charge in [-0.25, -0.2) is 0 Å². The fourth-order valence-corrected chi connectivity index (χ4v) is 10.2. The molecular formula is C54H42N2. The second kappa shape index (κ2) is 11.9. The van der Waals surface area contributed by atoms with Crippen molar-refractivity contribution in [2.75, 3.05) is 4.90 Å². The molecule has 0 radical (unpaired) electrons. The number of anilines is 3. The minimum Gasteiger partial charge on any atom is -0.309 e. The van der Waals surface area contributed by atoms with Crippen molar-refractivity contribution in [2.24, 2.45) is 0 Å². The highest BCUT2D eigenvalue weighted by molar-refractivity contribution is 6.09. The van der Waals surface area contributed by atoms with Gasteiger partial charge < -0.3 is 9.47 Å². The van der Waals surface area contributed by atoms with Crippen molar-refractivity contribution < 1.29 is 0 Å². The number of nitrogens with zero attached hydrogens (tertiary/aromatic N) is 2. The molecule has 0 aliphatic heterocycles. The molecule has 0 amide bonds. The molecule has 2 aliphatic rings. The lowest BCUT2D eigenvalue weighted by Gasteiger charge is -2.34. The molecule has 0 saturated heterocycles. The Morgan fingerprint density at radius 2 is 0.964 bits per heavy atom. The standard InChI is InChI=1S/C54H42N2/c1-53(2)45-26-13-9-23-43(45)51-46(53)27-17-30-49(51)56(50-31-16-24-42-39-20-8-12-25-44(39)54(3,4)52(42)50)38-33-36(35-18-6-5-7-19-35)32-37(34-38)55-47-28-14-10-21-40(47)41-22-11-15-29-48(41)55/h5-34H,1-4H3. The van der Waals surface area contributed by atoms with Crippen molar-refractivity contribution in [1.29, 1.82) is 0 Å². The summed E-state index contributed by atoms with van der Waals surface area (Å²) < 4.78 is 2.46. The number of aromatic nitrogens is 1. The Morgan fingerprint density at radius 1 is 0.411 bits per heavy atom. The van der Waals surface area contributed by atoms with Crippen LogP contribution < -0.4 is 4.90 Å². The van der Waals surface area contributed by atoms with Gasteiger partial charge in [0.1, 0.15) is 0 Å². The fraction of sp³-hybridized carbons (Fsp3) is 0.111. The molecule has 0 N–H and O–H groups in total. The third-order valence-corrected chi connectivity index (χ3v) is 12.7. The van der Waals surface area contributed by atoms with E-state index in [2.05, 4.69) is 219 Å². The second-order valence-electron chi connectivity index (χ2n) is 16.5. The van der Waals surface area contributed by atoms with E-state index in [4.69, 9.17) is 0 Å². The minimum atomic E-state index is -0.220. The fourth-order valence-electron chi connectivity index (χ4n) is 10.2. The third kappa shape index (κ3) is 4.56. The van der Waals surface area contributed by atoms with E-state index in [1.54, 1.807) is 0 Å². The summed E-state index contributed by atoms with van der Waals surface area (Å²) in [5.74, 6) is 0. The van der Waals surface area contributed by atoms with Crippen LogP contribution in [0.15, 0.2) is 182 Å². The highest BCUT2D eigenvalue weighted by atomic mass is 15.2. The summed E-state index contributed by atoms with van der Waals surface area (Å²) in [6, 6.07) is 67.6. The van der Waals surface area contributed by atoms with Gasteiger partial charge in [-0.15, -0.1) is 0 Å². The Balaban J connectivity index is 1.27. The summed E-state index contributed by atoms with van der Waals surface area (Å²) in [7, 11) is 0. The van der Waals surface area contributed by atoms with Gasteiger partial charge in [0.15, 0.2) is 0 Å². The van der Waals surface area contributed by atoms with Gasteiger partial charge in [0.2, 0.25) is 0 Å². The molecular weight excluding hydrogens is 677 g/mol. The van der Waals surface area contributed by atoms with Crippen LogP contribution in [-0.2, 0) is 10.8 Å². The molecule has 9 aromatic rings. The van der Waals surface area contributed by atoms with Gasteiger partial charge in [0, 0.05) is 38.5 Å². The van der Waals surface area contributed by atoms with Gasteiger partial charge in [-0.05, 0) is 92.5 Å². The summed E-state index contributed by atoms with van der Waals surface area (Å²) in [4.78, 5) is 2.59. The van der Waals surface area contributed by atoms with Crippen molar-refractivity contribution in [3.05, 3.63) is 204 Å². The van der Waals surface area contributed by atoms with E-state index in [1.165, 1.54) is 88.8 Å². The Labute approximate surface area is 328 Å². The van der Waals surface area contributed by atoms with E-state index in [9.17, 15) is 0 Å². The molecule has 11 rings (SSSR count). The van der Waals surface area contributed by atoms with Gasteiger partial charge in [0.25, 0.3) is 0 Å². The SMILES string of the molecule is CC1(C)c2ccccc2-c2c(N(c3cc(-c4ccccc4)cc(-n4c5ccccc5c5ccccc54)c3)c3cccc4c3C(C)(C)c3ccccc3-4)cccc21. The summed E-state index contributed by atoms with van der Waals surface area (Å²) in [6.45, 7) is 9.55. The first kappa shape index (κ1) is 32.8. The lowest BCUT2D eigenvalue weighted by molar-refractivity contribution is 0.659. The Bertz CT molecular complexity index is 2980. The van der Waals surface area contributed by atoms with Gasteiger partial charge in [0.05, 0.1) is 22.4 Å². The number of para-hydroxylation sites is 2. The summed E-state index contributed by atoms with van der Waals surface area (Å²) >= 11 is 0. The van der Waals surface area contributed by atoms with E-state index < -0.39 is 0 Å². The molecule has 268 valence electrons. The number of hydrogen-bond donors (Lipinski definition) is 0. The van der Waals surface area contributed by atoms with Crippen LogP contribution in [0, 0.1) is 0 Å². The minimum absolute atomic E-state index is 0.137. The normalized spacial score (nSPS) is 14.4. The second-order valence-corrected chi connectivity index (χ2v) is 16.5. The largest absolute Gasteiger partial charge is 0.309 e. The first-order chi connectivity index (χ1) is 27.3.